The predicted molar refractivity (Wildman–Crippen MR) is 112 cm³/mol. The molecule has 0 aliphatic heterocycles. The van der Waals surface area contributed by atoms with Crippen molar-refractivity contribution in [1.29, 1.82) is 0 Å². The molecule has 1 unspecified atom stereocenters. The molecule has 1 aromatic carbocycles. The van der Waals surface area contributed by atoms with Crippen LogP contribution in [0.15, 0.2) is 48.1 Å². The van der Waals surface area contributed by atoms with Gasteiger partial charge < -0.3 is 11.1 Å². The third-order valence-corrected chi connectivity index (χ3v) is 5.58. The van der Waals surface area contributed by atoms with E-state index in [1.165, 1.54) is 11.3 Å². The van der Waals surface area contributed by atoms with Gasteiger partial charge in [0.2, 0.25) is 0 Å². The lowest BCUT2D eigenvalue weighted by Gasteiger charge is -2.33. The summed E-state index contributed by atoms with van der Waals surface area (Å²) in [6.07, 6.45) is 3.67. The maximum atomic E-state index is 12.6. The van der Waals surface area contributed by atoms with E-state index in [-0.39, 0.29) is 24.2 Å². The quantitative estimate of drug-likeness (QED) is 0.656. The smallest absolute Gasteiger partial charge is 0.271 e. The van der Waals surface area contributed by atoms with Gasteiger partial charge in [0.1, 0.15) is 10.7 Å². The highest BCUT2D eigenvalue weighted by Gasteiger charge is 2.29. The lowest BCUT2D eigenvalue weighted by atomic mass is 9.88. The van der Waals surface area contributed by atoms with Crippen LogP contribution in [0.2, 0.25) is 0 Å². The molecule has 8 heteroatoms. The summed E-state index contributed by atoms with van der Waals surface area (Å²) in [6, 6.07) is 9.86. The first-order valence-electron chi connectivity index (χ1n) is 8.51. The molecule has 3 N–H and O–H groups in total. The molecule has 144 valence electrons. The van der Waals surface area contributed by atoms with Gasteiger partial charge in [-0.2, -0.15) is 5.10 Å². The number of benzene rings is 1. The Balaban J connectivity index is 0.00000261. The Labute approximate surface area is 169 Å². The lowest BCUT2D eigenvalue weighted by molar-refractivity contribution is 0.0879. The van der Waals surface area contributed by atoms with Crippen LogP contribution in [0.1, 0.15) is 31.3 Å². The number of para-hydroxylation sites is 1. The molecule has 0 aliphatic rings. The van der Waals surface area contributed by atoms with Crippen LogP contribution in [0.5, 0.6) is 0 Å². The zero-order valence-corrected chi connectivity index (χ0v) is 17.2. The van der Waals surface area contributed by atoms with E-state index < -0.39 is 5.54 Å². The molecule has 3 rings (SSSR count). The minimum Gasteiger partial charge on any atom is -0.344 e. The van der Waals surface area contributed by atoms with E-state index >= 15 is 0 Å². The predicted octanol–water partition coefficient (Wildman–Crippen LogP) is 3.52. The average Bonchev–Trinajstić information content (AvgIpc) is 3.31. The van der Waals surface area contributed by atoms with E-state index in [0.29, 0.717) is 12.2 Å². The van der Waals surface area contributed by atoms with Crippen LogP contribution in [0.25, 0.3) is 16.3 Å². The Bertz CT molecular complexity index is 892. The third kappa shape index (κ3) is 4.55. The normalized spacial score (nSPS) is 13.1. The number of halogens is 1. The van der Waals surface area contributed by atoms with Crippen molar-refractivity contribution in [2.24, 2.45) is 11.7 Å². The van der Waals surface area contributed by atoms with Gasteiger partial charge in [-0.1, -0.05) is 32.0 Å². The summed E-state index contributed by atoms with van der Waals surface area (Å²) in [6.45, 7) is 6.40. The summed E-state index contributed by atoms with van der Waals surface area (Å²) in [5, 5.41) is 9.92. The van der Waals surface area contributed by atoms with E-state index in [2.05, 4.69) is 15.4 Å². The number of nitrogens with two attached hydrogens (primary N) is 1. The molecule has 0 saturated carbocycles. The fraction of sp³-hybridized carbons (Fsp3) is 0.316. The number of carbonyl (C=O) groups excluding carboxylic acids is 1. The molecule has 6 nitrogen and oxygen atoms in total. The van der Waals surface area contributed by atoms with Crippen molar-refractivity contribution in [1.82, 2.24) is 20.1 Å². The number of carbonyl (C=O) groups is 1. The van der Waals surface area contributed by atoms with Crippen molar-refractivity contribution >= 4 is 29.7 Å². The SMILES string of the molecule is CC(C)C(C)(CN)NC(=O)c1csc(-c2cnn(-c3ccccc3)c2)n1.Cl. The zero-order valence-electron chi connectivity index (χ0n) is 15.5. The average molecular weight is 406 g/mol. The molecule has 3 aromatic rings. The van der Waals surface area contributed by atoms with Crippen LogP contribution in [0.3, 0.4) is 0 Å². The number of aromatic nitrogens is 3. The Kier molecular flexibility index (Phi) is 6.75. The van der Waals surface area contributed by atoms with Crippen LogP contribution in [0, 0.1) is 5.92 Å². The summed E-state index contributed by atoms with van der Waals surface area (Å²) in [7, 11) is 0. The zero-order chi connectivity index (χ0) is 18.7. The molecule has 0 aliphatic carbocycles. The molecule has 0 radical (unpaired) electrons. The second kappa shape index (κ2) is 8.65. The highest BCUT2D eigenvalue weighted by Crippen LogP contribution is 2.25. The van der Waals surface area contributed by atoms with Gasteiger partial charge in [0.05, 0.1) is 17.4 Å². The number of thiazole rings is 1. The van der Waals surface area contributed by atoms with Crippen LogP contribution in [-0.2, 0) is 0 Å². The molecule has 1 amide bonds. The van der Waals surface area contributed by atoms with E-state index in [1.807, 2.05) is 57.3 Å². The molecule has 2 aromatic heterocycles. The largest absolute Gasteiger partial charge is 0.344 e. The fourth-order valence-corrected chi connectivity index (χ4v) is 3.20. The van der Waals surface area contributed by atoms with E-state index in [0.717, 1.165) is 16.3 Å². The summed E-state index contributed by atoms with van der Waals surface area (Å²) in [5.41, 5.74) is 7.64. The molecular weight excluding hydrogens is 382 g/mol. The van der Waals surface area contributed by atoms with E-state index in [1.54, 1.807) is 16.3 Å². The van der Waals surface area contributed by atoms with Crippen molar-refractivity contribution in [3.63, 3.8) is 0 Å². The summed E-state index contributed by atoms with van der Waals surface area (Å²) in [5.74, 6) is 0.0169. The first-order chi connectivity index (χ1) is 12.4. The summed E-state index contributed by atoms with van der Waals surface area (Å²) >= 11 is 1.42. The third-order valence-electron chi connectivity index (χ3n) is 4.68. The first-order valence-corrected chi connectivity index (χ1v) is 9.39. The van der Waals surface area contributed by atoms with Gasteiger partial charge in [-0.25, -0.2) is 9.67 Å². The van der Waals surface area contributed by atoms with E-state index in [4.69, 9.17) is 5.73 Å². The Morgan fingerprint density at radius 3 is 2.67 bits per heavy atom. The number of amides is 1. The van der Waals surface area contributed by atoms with Gasteiger partial charge in [0.25, 0.3) is 5.91 Å². The van der Waals surface area contributed by atoms with Crippen molar-refractivity contribution in [2.45, 2.75) is 26.3 Å². The minimum absolute atomic E-state index is 0. The van der Waals surface area contributed by atoms with Gasteiger partial charge in [0, 0.05) is 23.7 Å². The van der Waals surface area contributed by atoms with Crippen molar-refractivity contribution in [3.8, 4) is 16.3 Å². The summed E-state index contributed by atoms with van der Waals surface area (Å²) < 4.78 is 1.79. The van der Waals surface area contributed by atoms with Crippen LogP contribution in [-0.4, -0.2) is 32.8 Å². The molecule has 1 atom stereocenters. The number of nitrogens with one attached hydrogen (secondary N) is 1. The number of rotatable bonds is 6. The van der Waals surface area contributed by atoms with Crippen LogP contribution in [0.4, 0.5) is 0 Å². The van der Waals surface area contributed by atoms with E-state index in [9.17, 15) is 4.79 Å². The van der Waals surface area contributed by atoms with Crippen molar-refractivity contribution in [2.75, 3.05) is 6.54 Å². The molecule has 0 fully saturated rings. The Morgan fingerprint density at radius 2 is 2.04 bits per heavy atom. The van der Waals surface area contributed by atoms with Crippen molar-refractivity contribution in [3.05, 3.63) is 53.8 Å². The second-order valence-corrected chi connectivity index (χ2v) is 7.64. The maximum Gasteiger partial charge on any atom is 0.271 e. The highest BCUT2D eigenvalue weighted by molar-refractivity contribution is 7.13. The number of nitrogens with zero attached hydrogens (tertiary/aromatic N) is 3. The first kappa shape index (κ1) is 21.1. The van der Waals surface area contributed by atoms with Gasteiger partial charge in [-0.05, 0) is 25.0 Å². The molecule has 0 bridgehead atoms. The Hall–Kier alpha value is -2.22. The molecule has 27 heavy (non-hydrogen) atoms. The van der Waals surface area contributed by atoms with Gasteiger partial charge in [-0.15, -0.1) is 23.7 Å². The molecule has 2 heterocycles. The maximum absolute atomic E-state index is 12.6. The fourth-order valence-electron chi connectivity index (χ4n) is 2.42. The standard InChI is InChI=1S/C19H23N5OS.ClH/c1-13(2)19(3,12-20)23-17(25)16-11-26-18(22-16)14-9-21-24(10-14)15-7-5-4-6-8-15;/h4-11,13H,12,20H2,1-3H3,(H,23,25);1H. The lowest BCUT2D eigenvalue weighted by Crippen LogP contribution is -2.55. The number of hydrogen-bond acceptors (Lipinski definition) is 5. The molecular formula is C19H24ClN5OS. The second-order valence-electron chi connectivity index (χ2n) is 6.78. The molecule has 0 spiro atoms. The topological polar surface area (TPSA) is 85.8 Å². The number of hydrogen-bond donors (Lipinski definition) is 2. The van der Waals surface area contributed by atoms with Gasteiger partial charge in [-0.3, -0.25) is 4.79 Å². The van der Waals surface area contributed by atoms with Gasteiger partial charge in [0.15, 0.2) is 0 Å². The van der Waals surface area contributed by atoms with Crippen LogP contribution >= 0.6 is 23.7 Å². The molecule has 0 saturated heterocycles. The minimum atomic E-state index is -0.459. The van der Waals surface area contributed by atoms with Crippen LogP contribution < -0.4 is 11.1 Å². The summed E-state index contributed by atoms with van der Waals surface area (Å²) in [4.78, 5) is 17.0. The van der Waals surface area contributed by atoms with Crippen molar-refractivity contribution < 1.29 is 4.79 Å². The highest BCUT2D eigenvalue weighted by atomic mass is 35.5. The monoisotopic (exact) mass is 405 g/mol. The van der Waals surface area contributed by atoms with Gasteiger partial charge >= 0.3 is 0 Å². The Morgan fingerprint density at radius 1 is 1.33 bits per heavy atom.